The lowest BCUT2D eigenvalue weighted by Gasteiger charge is -2.34. The van der Waals surface area contributed by atoms with Crippen LogP contribution in [0.5, 0.6) is 0 Å². The number of aromatic nitrogens is 3. The van der Waals surface area contributed by atoms with Crippen LogP contribution in [-0.2, 0) is 27.6 Å². The number of aromatic amines is 1. The number of amides is 1. The summed E-state index contributed by atoms with van der Waals surface area (Å²) >= 11 is 1.24. The molecule has 0 unspecified atom stereocenters. The summed E-state index contributed by atoms with van der Waals surface area (Å²) in [6, 6.07) is 9.77. The highest BCUT2D eigenvalue weighted by molar-refractivity contribution is 7.99. The van der Waals surface area contributed by atoms with Crippen LogP contribution in [0.15, 0.2) is 40.3 Å². The van der Waals surface area contributed by atoms with Gasteiger partial charge in [0.25, 0.3) is 0 Å². The third kappa shape index (κ3) is 5.41. The number of H-pyrrole nitrogens is 1. The lowest BCUT2D eigenvalue weighted by atomic mass is 10.1. The van der Waals surface area contributed by atoms with Crippen molar-refractivity contribution in [3.8, 4) is 0 Å². The van der Waals surface area contributed by atoms with Crippen LogP contribution >= 0.6 is 11.8 Å². The van der Waals surface area contributed by atoms with Gasteiger partial charge in [-0.05, 0) is 31.2 Å². The normalized spacial score (nSPS) is 20.8. The zero-order valence-corrected chi connectivity index (χ0v) is 19.0. The van der Waals surface area contributed by atoms with Crippen LogP contribution < -0.4 is 5.69 Å². The van der Waals surface area contributed by atoms with Crippen molar-refractivity contribution in [1.82, 2.24) is 19.7 Å². The van der Waals surface area contributed by atoms with Gasteiger partial charge in [0.05, 0.1) is 17.3 Å². The van der Waals surface area contributed by atoms with Crippen LogP contribution in [0.25, 0.3) is 0 Å². The lowest BCUT2D eigenvalue weighted by molar-refractivity contribution is -0.132. The second-order valence-electron chi connectivity index (χ2n) is 8.28. The largest absolute Gasteiger partial charge is 0.343 e. The Bertz CT molecular complexity index is 1060. The van der Waals surface area contributed by atoms with Crippen molar-refractivity contribution in [1.29, 1.82) is 0 Å². The Labute approximate surface area is 186 Å². The fourth-order valence-electron chi connectivity index (χ4n) is 4.58. The Morgan fingerprint density at radius 3 is 2.58 bits per heavy atom. The van der Waals surface area contributed by atoms with Crippen LogP contribution in [-0.4, -0.2) is 63.3 Å². The number of nitrogens with one attached hydrogen (secondary N) is 1. The molecule has 2 aliphatic rings. The topological polar surface area (TPSA) is 105 Å². The maximum Gasteiger partial charge on any atom is 0.343 e. The summed E-state index contributed by atoms with van der Waals surface area (Å²) in [6.07, 6.45) is 5.20. The number of benzene rings is 1. The van der Waals surface area contributed by atoms with Crippen molar-refractivity contribution in [3.63, 3.8) is 0 Å². The Balaban J connectivity index is 1.42. The third-order valence-electron chi connectivity index (χ3n) is 6.12. The first-order valence-corrected chi connectivity index (χ1v) is 13.6. The zero-order chi connectivity index (χ0) is 21.8. The van der Waals surface area contributed by atoms with Gasteiger partial charge >= 0.3 is 5.69 Å². The number of thioether (sulfide) groups is 1. The molecule has 1 aliphatic carbocycles. The molecule has 2 aromatic rings. The van der Waals surface area contributed by atoms with Gasteiger partial charge in [-0.2, -0.15) is 0 Å². The molecule has 0 bridgehead atoms. The van der Waals surface area contributed by atoms with Crippen molar-refractivity contribution in [2.24, 2.45) is 0 Å². The average molecular weight is 465 g/mol. The fourth-order valence-corrected chi connectivity index (χ4v) is 7.13. The monoisotopic (exact) mass is 464 g/mol. The Morgan fingerprint density at radius 2 is 1.90 bits per heavy atom. The van der Waals surface area contributed by atoms with E-state index in [0.29, 0.717) is 24.5 Å². The Morgan fingerprint density at radius 1 is 1.16 bits per heavy atom. The molecular formula is C21H28N4O4S2. The summed E-state index contributed by atoms with van der Waals surface area (Å²) < 4.78 is 25.6. The second-order valence-corrected chi connectivity index (χ2v) is 11.5. The molecule has 168 valence electrons. The average Bonchev–Trinajstić information content (AvgIpc) is 3.47. The van der Waals surface area contributed by atoms with E-state index >= 15 is 0 Å². The van der Waals surface area contributed by atoms with Crippen LogP contribution in [0.4, 0.5) is 0 Å². The molecular weight excluding hydrogens is 436 g/mol. The van der Waals surface area contributed by atoms with E-state index in [0.717, 1.165) is 31.2 Å². The van der Waals surface area contributed by atoms with E-state index in [4.69, 9.17) is 0 Å². The van der Waals surface area contributed by atoms with Crippen molar-refractivity contribution in [2.45, 2.75) is 62.3 Å². The summed E-state index contributed by atoms with van der Waals surface area (Å²) in [5.41, 5.74) is 0.831. The van der Waals surface area contributed by atoms with Gasteiger partial charge in [0.15, 0.2) is 15.0 Å². The number of carbonyl (C=O) groups excluding carboxylic acids is 1. The van der Waals surface area contributed by atoms with Crippen LogP contribution in [0.3, 0.4) is 0 Å². The van der Waals surface area contributed by atoms with E-state index in [9.17, 15) is 18.0 Å². The zero-order valence-electron chi connectivity index (χ0n) is 17.4. The maximum absolute atomic E-state index is 13.2. The van der Waals surface area contributed by atoms with Gasteiger partial charge in [-0.15, -0.1) is 5.10 Å². The first-order valence-electron chi connectivity index (χ1n) is 10.8. The van der Waals surface area contributed by atoms with Crippen LogP contribution in [0, 0.1) is 0 Å². The molecule has 1 aromatic heterocycles. The van der Waals surface area contributed by atoms with E-state index in [-0.39, 0.29) is 40.9 Å². The van der Waals surface area contributed by atoms with Gasteiger partial charge in [0.1, 0.15) is 0 Å². The third-order valence-corrected chi connectivity index (χ3v) is 8.83. The van der Waals surface area contributed by atoms with E-state index in [1.165, 1.54) is 11.8 Å². The summed E-state index contributed by atoms with van der Waals surface area (Å²) in [4.78, 5) is 27.2. The lowest BCUT2D eigenvalue weighted by Crippen LogP contribution is -2.47. The van der Waals surface area contributed by atoms with Crippen LogP contribution in [0.2, 0.25) is 0 Å². The molecule has 1 N–H and O–H groups in total. The number of nitrogens with zero attached hydrogens (tertiary/aromatic N) is 3. The smallest absolute Gasteiger partial charge is 0.335 e. The maximum atomic E-state index is 13.2. The summed E-state index contributed by atoms with van der Waals surface area (Å²) in [5, 5.41) is 7.06. The molecule has 8 nitrogen and oxygen atoms in total. The van der Waals surface area contributed by atoms with Gasteiger partial charge in [-0.3, -0.25) is 9.36 Å². The first kappa shape index (κ1) is 22.1. The molecule has 1 aromatic carbocycles. The van der Waals surface area contributed by atoms with E-state index in [2.05, 4.69) is 10.2 Å². The molecule has 2 fully saturated rings. The number of carbonyl (C=O) groups is 1. The number of hydrogen-bond donors (Lipinski definition) is 1. The quantitative estimate of drug-likeness (QED) is 0.598. The van der Waals surface area contributed by atoms with E-state index in [1.54, 1.807) is 4.57 Å². The van der Waals surface area contributed by atoms with E-state index in [1.807, 2.05) is 35.2 Å². The molecule has 1 aliphatic heterocycles. The van der Waals surface area contributed by atoms with Crippen LogP contribution in [0.1, 0.15) is 37.7 Å². The molecule has 1 saturated carbocycles. The molecule has 1 atom stereocenters. The number of aryl methyl sites for hydroxylation is 1. The molecule has 1 amide bonds. The summed E-state index contributed by atoms with van der Waals surface area (Å²) in [6.45, 7) is 0.475. The Kier molecular flexibility index (Phi) is 6.86. The minimum Gasteiger partial charge on any atom is -0.335 e. The highest BCUT2D eigenvalue weighted by Crippen LogP contribution is 2.30. The molecule has 1 saturated heterocycles. The molecule has 2 heterocycles. The van der Waals surface area contributed by atoms with Crippen molar-refractivity contribution < 1.29 is 13.2 Å². The standard InChI is InChI=1S/C21H28N4O4S2/c26-19(25(17-8-4-5-9-17)18-11-13-31(28,29)15-18)14-30-21-23-22-20(27)24(21)12-10-16-6-2-1-3-7-16/h1-3,6-7,17-18H,4-5,8-15H2,(H,22,27)/t18-/m0/s1. The van der Waals surface area contributed by atoms with Gasteiger partial charge in [0, 0.05) is 18.6 Å². The molecule has 4 rings (SSSR count). The van der Waals surface area contributed by atoms with Crippen molar-refractivity contribution in [3.05, 3.63) is 46.4 Å². The van der Waals surface area contributed by atoms with Gasteiger partial charge < -0.3 is 4.90 Å². The highest BCUT2D eigenvalue weighted by atomic mass is 32.2. The molecule has 31 heavy (non-hydrogen) atoms. The summed E-state index contributed by atoms with van der Waals surface area (Å²) in [7, 11) is -3.07. The Hall–Kier alpha value is -2.07. The second kappa shape index (κ2) is 9.60. The van der Waals surface area contributed by atoms with Gasteiger partial charge in [-0.25, -0.2) is 18.3 Å². The van der Waals surface area contributed by atoms with Crippen molar-refractivity contribution in [2.75, 3.05) is 17.3 Å². The van der Waals surface area contributed by atoms with Gasteiger partial charge in [-0.1, -0.05) is 54.9 Å². The molecule has 10 heteroatoms. The number of hydrogen-bond acceptors (Lipinski definition) is 6. The fraction of sp³-hybridized carbons (Fsp3) is 0.571. The predicted molar refractivity (Wildman–Crippen MR) is 120 cm³/mol. The first-order chi connectivity index (χ1) is 14.9. The number of sulfone groups is 1. The molecule has 0 radical (unpaired) electrons. The number of rotatable bonds is 8. The van der Waals surface area contributed by atoms with E-state index < -0.39 is 9.84 Å². The SMILES string of the molecule is O=C(CSc1n[nH]c(=O)n1CCc1ccccc1)N(C1CCCC1)[C@H]1CCS(=O)(=O)C1. The minimum absolute atomic E-state index is 0.0596. The molecule has 0 spiro atoms. The highest BCUT2D eigenvalue weighted by Gasteiger charge is 2.39. The predicted octanol–water partition coefficient (Wildman–Crippen LogP) is 1.86. The van der Waals surface area contributed by atoms with Crippen molar-refractivity contribution >= 4 is 27.5 Å². The summed E-state index contributed by atoms with van der Waals surface area (Å²) in [5.74, 6) is 0.288. The van der Waals surface area contributed by atoms with Gasteiger partial charge in [0.2, 0.25) is 5.91 Å². The minimum atomic E-state index is -3.07.